The van der Waals surface area contributed by atoms with Crippen molar-refractivity contribution in [2.24, 2.45) is 0 Å². The van der Waals surface area contributed by atoms with E-state index in [9.17, 15) is 0 Å². The summed E-state index contributed by atoms with van der Waals surface area (Å²) in [5.41, 5.74) is 9.00. The van der Waals surface area contributed by atoms with Gasteiger partial charge in [0.2, 0.25) is 0 Å². The highest BCUT2D eigenvalue weighted by molar-refractivity contribution is 6.21. The highest BCUT2D eigenvalue weighted by Crippen LogP contribution is 2.49. The number of fused-ring (bicyclic) bond motifs is 8. The van der Waals surface area contributed by atoms with E-state index in [2.05, 4.69) is 140 Å². The van der Waals surface area contributed by atoms with Crippen molar-refractivity contribution in [3.8, 4) is 44.9 Å². The highest BCUT2D eigenvalue weighted by atomic mass is 16.5. The predicted molar refractivity (Wildman–Crippen MR) is 183 cm³/mol. The van der Waals surface area contributed by atoms with Crippen LogP contribution in [0.25, 0.3) is 87.6 Å². The molecule has 0 unspecified atom stereocenters. The average Bonchev–Trinajstić information content (AvgIpc) is 3.48. The molecule has 1 aliphatic rings. The van der Waals surface area contributed by atoms with Crippen LogP contribution < -0.4 is 4.74 Å². The third-order valence-electron chi connectivity index (χ3n) is 9.25. The van der Waals surface area contributed by atoms with Gasteiger partial charge in [-0.05, 0) is 85.8 Å². The van der Waals surface area contributed by atoms with Crippen molar-refractivity contribution in [3.05, 3.63) is 146 Å². The lowest BCUT2D eigenvalue weighted by molar-refractivity contribution is 0.487. The highest BCUT2D eigenvalue weighted by Gasteiger charge is 2.22. The van der Waals surface area contributed by atoms with Gasteiger partial charge in [-0.1, -0.05) is 109 Å². The first kappa shape index (κ1) is 23.7. The van der Waals surface area contributed by atoms with Gasteiger partial charge in [0.25, 0.3) is 0 Å². The smallest absolute Gasteiger partial charge is 0.143 e. The Morgan fingerprint density at radius 3 is 2.00 bits per heavy atom. The summed E-state index contributed by atoms with van der Waals surface area (Å²) in [6.45, 7) is 0. The fourth-order valence-electron chi connectivity index (χ4n) is 7.31. The molecule has 2 heteroatoms. The van der Waals surface area contributed by atoms with Crippen LogP contribution in [0.2, 0.25) is 0 Å². The summed E-state index contributed by atoms with van der Waals surface area (Å²) in [4.78, 5) is 0. The molecule has 0 bridgehead atoms. The molecule has 204 valence electrons. The van der Waals surface area contributed by atoms with Crippen LogP contribution in [0.3, 0.4) is 0 Å². The van der Waals surface area contributed by atoms with E-state index in [1.54, 1.807) is 0 Å². The summed E-state index contributed by atoms with van der Waals surface area (Å²) in [7, 11) is 0. The van der Waals surface area contributed by atoms with Crippen LogP contribution in [0.5, 0.6) is 11.5 Å². The first-order chi connectivity index (χ1) is 21.8. The summed E-state index contributed by atoms with van der Waals surface area (Å²) in [6, 6.07) is 51.9. The SMILES string of the molecule is c1ccc2c(c1)Oc1cccc3cc(-c4ccc(-c5cccc6oc7c8ccccc8ccc7c56)c5ccccc45)cc-2c13. The maximum absolute atomic E-state index is 6.53. The minimum Gasteiger partial charge on any atom is -0.456 e. The van der Waals surface area contributed by atoms with Gasteiger partial charge >= 0.3 is 0 Å². The number of furan rings is 1. The monoisotopic (exact) mass is 560 g/mol. The Kier molecular flexibility index (Phi) is 4.75. The first-order valence-corrected chi connectivity index (χ1v) is 15.0. The molecule has 9 aromatic rings. The second kappa shape index (κ2) is 8.82. The molecule has 2 heterocycles. The third kappa shape index (κ3) is 3.25. The molecule has 2 nitrogen and oxygen atoms in total. The van der Waals surface area contributed by atoms with Gasteiger partial charge in [0.15, 0.2) is 0 Å². The van der Waals surface area contributed by atoms with Crippen LogP contribution in [0, 0.1) is 0 Å². The molecule has 0 fully saturated rings. The number of para-hydroxylation sites is 1. The molecule has 1 aliphatic heterocycles. The van der Waals surface area contributed by atoms with Crippen LogP contribution in [0.1, 0.15) is 0 Å². The van der Waals surface area contributed by atoms with Gasteiger partial charge < -0.3 is 9.15 Å². The number of hydrogen-bond donors (Lipinski definition) is 0. The van der Waals surface area contributed by atoms with Crippen molar-refractivity contribution in [3.63, 3.8) is 0 Å². The van der Waals surface area contributed by atoms with Crippen molar-refractivity contribution in [2.45, 2.75) is 0 Å². The van der Waals surface area contributed by atoms with Crippen LogP contribution in [0.4, 0.5) is 0 Å². The van der Waals surface area contributed by atoms with Crippen molar-refractivity contribution < 1.29 is 9.15 Å². The fourth-order valence-corrected chi connectivity index (χ4v) is 7.31. The number of benzene rings is 8. The fraction of sp³-hybridized carbons (Fsp3) is 0. The summed E-state index contributed by atoms with van der Waals surface area (Å²) < 4.78 is 12.8. The van der Waals surface area contributed by atoms with Gasteiger partial charge in [0, 0.05) is 27.1 Å². The number of ether oxygens (including phenoxy) is 1. The maximum atomic E-state index is 6.53. The normalized spacial score (nSPS) is 12.3. The molecule has 1 aromatic heterocycles. The van der Waals surface area contributed by atoms with E-state index in [1.165, 1.54) is 54.7 Å². The molecular weight excluding hydrogens is 536 g/mol. The van der Waals surface area contributed by atoms with E-state index in [4.69, 9.17) is 9.15 Å². The zero-order valence-electron chi connectivity index (χ0n) is 23.7. The van der Waals surface area contributed by atoms with E-state index >= 15 is 0 Å². The van der Waals surface area contributed by atoms with Gasteiger partial charge in [-0.2, -0.15) is 0 Å². The average molecular weight is 561 g/mol. The largest absolute Gasteiger partial charge is 0.456 e. The minimum absolute atomic E-state index is 0.901. The summed E-state index contributed by atoms with van der Waals surface area (Å²) >= 11 is 0. The van der Waals surface area contributed by atoms with Gasteiger partial charge in [-0.3, -0.25) is 0 Å². The molecular formula is C42H24O2. The Labute approximate surface area is 253 Å². The van der Waals surface area contributed by atoms with Crippen LogP contribution in [0.15, 0.2) is 150 Å². The molecule has 0 aliphatic carbocycles. The van der Waals surface area contributed by atoms with E-state index in [0.29, 0.717) is 0 Å². The van der Waals surface area contributed by atoms with Gasteiger partial charge in [-0.15, -0.1) is 0 Å². The maximum Gasteiger partial charge on any atom is 0.143 e. The van der Waals surface area contributed by atoms with Crippen molar-refractivity contribution >= 4 is 54.3 Å². The topological polar surface area (TPSA) is 22.4 Å². The van der Waals surface area contributed by atoms with Gasteiger partial charge in [0.05, 0.1) is 0 Å². The third-order valence-corrected chi connectivity index (χ3v) is 9.25. The lowest BCUT2D eigenvalue weighted by atomic mass is 9.87. The van der Waals surface area contributed by atoms with Crippen molar-refractivity contribution in [1.29, 1.82) is 0 Å². The lowest BCUT2D eigenvalue weighted by Crippen LogP contribution is -1.97. The first-order valence-electron chi connectivity index (χ1n) is 15.0. The van der Waals surface area contributed by atoms with E-state index in [0.717, 1.165) is 44.4 Å². The molecule has 0 saturated carbocycles. The van der Waals surface area contributed by atoms with E-state index < -0.39 is 0 Å². The molecule has 0 spiro atoms. The van der Waals surface area contributed by atoms with Gasteiger partial charge in [-0.25, -0.2) is 0 Å². The van der Waals surface area contributed by atoms with E-state index in [-0.39, 0.29) is 0 Å². The van der Waals surface area contributed by atoms with Crippen LogP contribution in [-0.4, -0.2) is 0 Å². The molecule has 44 heavy (non-hydrogen) atoms. The molecule has 0 N–H and O–H groups in total. The summed E-state index contributed by atoms with van der Waals surface area (Å²) in [5.74, 6) is 1.81. The molecule has 0 amide bonds. The predicted octanol–water partition coefficient (Wildman–Crippen LogP) is 12.2. The minimum atomic E-state index is 0.901. The second-order valence-electron chi connectivity index (χ2n) is 11.6. The lowest BCUT2D eigenvalue weighted by Gasteiger charge is -2.22. The molecule has 0 atom stereocenters. The van der Waals surface area contributed by atoms with Crippen LogP contribution in [-0.2, 0) is 0 Å². The Hall–Kier alpha value is -5.86. The Morgan fingerprint density at radius 1 is 0.364 bits per heavy atom. The Balaban J connectivity index is 1.23. The summed E-state index contributed by atoms with van der Waals surface area (Å²) in [6.07, 6.45) is 0. The molecule has 8 aromatic carbocycles. The summed E-state index contributed by atoms with van der Waals surface area (Å²) in [5, 5.41) is 9.43. The molecule has 10 rings (SSSR count). The van der Waals surface area contributed by atoms with E-state index in [1.807, 2.05) is 6.07 Å². The Morgan fingerprint density at radius 2 is 1.07 bits per heavy atom. The Bertz CT molecular complexity index is 2640. The van der Waals surface area contributed by atoms with Crippen molar-refractivity contribution in [1.82, 2.24) is 0 Å². The standard InChI is InChI=1S/C42H24O2/c1-2-11-29-25(9-1)19-20-35-41-34(15-8-18-39(41)44-42(29)35)32-22-21-28(30-12-3-4-13-31(30)32)27-23-26-10-7-17-38-40(26)36(24-27)33-14-5-6-16-37(33)43-38/h1-24H. The zero-order valence-corrected chi connectivity index (χ0v) is 23.7. The van der Waals surface area contributed by atoms with Gasteiger partial charge in [0.1, 0.15) is 22.7 Å². The number of rotatable bonds is 2. The number of hydrogen-bond acceptors (Lipinski definition) is 2. The van der Waals surface area contributed by atoms with Crippen LogP contribution >= 0.6 is 0 Å². The quantitative estimate of drug-likeness (QED) is 0.210. The zero-order chi connectivity index (χ0) is 28.8. The second-order valence-corrected chi connectivity index (χ2v) is 11.6. The molecule has 0 saturated heterocycles. The molecule has 0 radical (unpaired) electrons. The van der Waals surface area contributed by atoms with Crippen molar-refractivity contribution in [2.75, 3.05) is 0 Å².